The van der Waals surface area contributed by atoms with E-state index in [1.54, 1.807) is 12.4 Å². The highest BCUT2D eigenvalue weighted by Gasteiger charge is 1.89. The van der Waals surface area contributed by atoms with Crippen LogP contribution in [0.25, 0.3) is 0 Å². The minimum atomic E-state index is 0.765. The van der Waals surface area contributed by atoms with Gasteiger partial charge in [-0.2, -0.15) is 0 Å². The molecule has 0 saturated carbocycles. The van der Waals surface area contributed by atoms with E-state index in [0.717, 1.165) is 10.2 Å². The first kappa shape index (κ1) is 8.20. The first-order valence-electron chi connectivity index (χ1n) is 3.01. The van der Waals surface area contributed by atoms with Gasteiger partial charge in [0.05, 0.1) is 11.9 Å². The summed E-state index contributed by atoms with van der Waals surface area (Å²) < 4.78 is 0.977. The average Bonchev–Trinajstić information content (AvgIpc) is 2.01. The zero-order chi connectivity index (χ0) is 8.10. The van der Waals surface area contributed by atoms with Gasteiger partial charge in [-0.25, -0.2) is 0 Å². The highest BCUT2D eigenvalue weighted by Crippen LogP contribution is 2.07. The maximum absolute atomic E-state index is 4.50. The van der Waals surface area contributed by atoms with Crippen LogP contribution in [-0.2, 0) is 4.84 Å². The fraction of sp³-hybridized carbons (Fsp3) is 0.143. The Balaban J connectivity index is 2.79. The second-order valence-electron chi connectivity index (χ2n) is 1.82. The fourth-order valence-corrected chi connectivity index (χ4v) is 0.951. The van der Waals surface area contributed by atoms with Gasteiger partial charge in [-0.05, 0) is 12.1 Å². The second kappa shape index (κ2) is 4.08. The Morgan fingerprint density at radius 3 is 3.18 bits per heavy atom. The summed E-state index contributed by atoms with van der Waals surface area (Å²) in [6.45, 7) is 0. The first-order chi connectivity index (χ1) is 5.33. The number of hydrogen-bond acceptors (Lipinski definition) is 3. The zero-order valence-electron chi connectivity index (χ0n) is 5.99. The molecule has 1 aromatic rings. The van der Waals surface area contributed by atoms with E-state index >= 15 is 0 Å². The lowest BCUT2D eigenvalue weighted by Gasteiger charge is -1.91. The van der Waals surface area contributed by atoms with Crippen LogP contribution in [0, 0.1) is 0 Å². The van der Waals surface area contributed by atoms with E-state index in [9.17, 15) is 0 Å². The maximum Gasteiger partial charge on any atom is 0.106 e. The van der Waals surface area contributed by atoms with E-state index in [4.69, 9.17) is 0 Å². The summed E-state index contributed by atoms with van der Waals surface area (Å²) in [4.78, 5) is 8.52. The molecule has 4 heteroatoms. The van der Waals surface area contributed by atoms with E-state index in [1.165, 1.54) is 7.11 Å². The molecular formula is C7H7BrN2O. The second-order valence-corrected chi connectivity index (χ2v) is 2.73. The van der Waals surface area contributed by atoms with Gasteiger partial charge in [-0.1, -0.05) is 21.1 Å². The van der Waals surface area contributed by atoms with E-state index in [1.807, 2.05) is 12.1 Å². The number of rotatable bonds is 2. The molecule has 11 heavy (non-hydrogen) atoms. The van der Waals surface area contributed by atoms with Crippen molar-refractivity contribution < 1.29 is 4.84 Å². The molecule has 0 aliphatic heterocycles. The van der Waals surface area contributed by atoms with Crippen molar-refractivity contribution in [1.29, 1.82) is 0 Å². The first-order valence-corrected chi connectivity index (χ1v) is 3.80. The molecule has 0 radical (unpaired) electrons. The van der Waals surface area contributed by atoms with Gasteiger partial charge >= 0.3 is 0 Å². The largest absolute Gasteiger partial charge is 0.399 e. The number of pyridine rings is 1. The Labute approximate surface area is 73.2 Å². The van der Waals surface area contributed by atoms with E-state index < -0.39 is 0 Å². The molecule has 58 valence electrons. The van der Waals surface area contributed by atoms with Crippen molar-refractivity contribution in [3.8, 4) is 0 Å². The highest BCUT2D eigenvalue weighted by molar-refractivity contribution is 9.10. The number of hydrogen-bond donors (Lipinski definition) is 0. The molecule has 0 saturated heterocycles. The van der Waals surface area contributed by atoms with Crippen molar-refractivity contribution in [1.82, 2.24) is 4.98 Å². The Morgan fingerprint density at radius 1 is 1.73 bits per heavy atom. The molecule has 0 bridgehead atoms. The summed E-state index contributed by atoms with van der Waals surface area (Å²) in [7, 11) is 1.49. The molecule has 0 aliphatic carbocycles. The molecule has 0 amide bonds. The topological polar surface area (TPSA) is 34.5 Å². The third-order valence-corrected chi connectivity index (χ3v) is 1.53. The lowest BCUT2D eigenvalue weighted by atomic mass is 10.4. The Morgan fingerprint density at radius 2 is 2.55 bits per heavy atom. The molecule has 0 unspecified atom stereocenters. The van der Waals surface area contributed by atoms with Crippen LogP contribution in [0.4, 0.5) is 0 Å². The quantitative estimate of drug-likeness (QED) is 0.557. The predicted molar refractivity (Wildman–Crippen MR) is 46.5 cm³/mol. The summed E-state index contributed by atoms with van der Waals surface area (Å²) in [6.07, 6.45) is 3.24. The Kier molecular flexibility index (Phi) is 3.04. The maximum atomic E-state index is 4.50. The van der Waals surface area contributed by atoms with Crippen LogP contribution in [0.5, 0.6) is 0 Å². The third-order valence-electron chi connectivity index (χ3n) is 1.03. The minimum absolute atomic E-state index is 0.765. The molecule has 0 spiro atoms. The van der Waals surface area contributed by atoms with Gasteiger partial charge in [0.1, 0.15) is 7.11 Å². The molecule has 0 atom stereocenters. The van der Waals surface area contributed by atoms with Crippen molar-refractivity contribution in [3.63, 3.8) is 0 Å². The normalized spacial score (nSPS) is 10.4. The van der Waals surface area contributed by atoms with E-state index in [0.29, 0.717) is 0 Å². The van der Waals surface area contributed by atoms with Crippen molar-refractivity contribution in [2.75, 3.05) is 7.11 Å². The Bertz CT molecular complexity index is 262. The van der Waals surface area contributed by atoms with Crippen molar-refractivity contribution in [3.05, 3.63) is 28.5 Å². The van der Waals surface area contributed by atoms with Crippen LogP contribution in [0.1, 0.15) is 5.69 Å². The van der Waals surface area contributed by atoms with Gasteiger partial charge in [-0.3, -0.25) is 4.98 Å². The molecule has 0 aromatic carbocycles. The third kappa shape index (κ3) is 2.67. The standard InChI is InChI=1S/C7H7BrN2O/c1-11-10-5-7-4-6(8)2-3-9-7/h2-5H,1H3/b10-5+. The minimum Gasteiger partial charge on any atom is -0.399 e. The molecule has 0 N–H and O–H groups in total. The summed E-state index contributed by atoms with van der Waals surface area (Å²) in [5.74, 6) is 0. The summed E-state index contributed by atoms with van der Waals surface area (Å²) in [5.41, 5.74) is 0.765. The molecule has 1 rings (SSSR count). The van der Waals surface area contributed by atoms with Crippen LogP contribution in [0.3, 0.4) is 0 Å². The van der Waals surface area contributed by atoms with Crippen LogP contribution in [0.15, 0.2) is 28.0 Å². The van der Waals surface area contributed by atoms with Crippen molar-refractivity contribution in [2.45, 2.75) is 0 Å². The molecule has 1 heterocycles. The summed E-state index contributed by atoms with van der Waals surface area (Å²) in [5, 5.41) is 3.57. The van der Waals surface area contributed by atoms with Gasteiger partial charge in [0.25, 0.3) is 0 Å². The van der Waals surface area contributed by atoms with Gasteiger partial charge in [0.2, 0.25) is 0 Å². The molecule has 0 fully saturated rings. The molecule has 1 aromatic heterocycles. The lowest BCUT2D eigenvalue weighted by Crippen LogP contribution is -1.86. The molecule has 3 nitrogen and oxygen atoms in total. The van der Waals surface area contributed by atoms with Crippen molar-refractivity contribution >= 4 is 22.1 Å². The highest BCUT2D eigenvalue weighted by atomic mass is 79.9. The van der Waals surface area contributed by atoms with Gasteiger partial charge < -0.3 is 4.84 Å². The molecule has 0 aliphatic rings. The van der Waals surface area contributed by atoms with Crippen molar-refractivity contribution in [2.24, 2.45) is 5.16 Å². The number of aromatic nitrogens is 1. The zero-order valence-corrected chi connectivity index (χ0v) is 7.58. The predicted octanol–water partition coefficient (Wildman–Crippen LogP) is 1.82. The van der Waals surface area contributed by atoms with Crippen LogP contribution in [-0.4, -0.2) is 18.3 Å². The molecular weight excluding hydrogens is 208 g/mol. The summed E-state index contributed by atoms with van der Waals surface area (Å²) in [6, 6.07) is 3.70. The Hall–Kier alpha value is -0.900. The number of halogens is 1. The average molecular weight is 215 g/mol. The van der Waals surface area contributed by atoms with Crippen LogP contribution in [0.2, 0.25) is 0 Å². The smallest absolute Gasteiger partial charge is 0.106 e. The van der Waals surface area contributed by atoms with Gasteiger partial charge in [0.15, 0.2) is 0 Å². The van der Waals surface area contributed by atoms with Gasteiger partial charge in [0, 0.05) is 10.7 Å². The van der Waals surface area contributed by atoms with Crippen LogP contribution < -0.4 is 0 Å². The van der Waals surface area contributed by atoms with E-state index in [-0.39, 0.29) is 0 Å². The number of oxime groups is 1. The monoisotopic (exact) mass is 214 g/mol. The van der Waals surface area contributed by atoms with Gasteiger partial charge in [-0.15, -0.1) is 0 Å². The summed E-state index contributed by atoms with van der Waals surface area (Å²) >= 11 is 3.31. The SMILES string of the molecule is CO/N=C/c1cc(Br)ccn1. The van der Waals surface area contributed by atoms with Crippen LogP contribution >= 0.6 is 15.9 Å². The fourth-order valence-electron chi connectivity index (χ4n) is 0.598. The number of nitrogens with zero attached hydrogens (tertiary/aromatic N) is 2. The van der Waals surface area contributed by atoms with E-state index in [2.05, 4.69) is 30.9 Å². The lowest BCUT2D eigenvalue weighted by molar-refractivity contribution is 0.215.